The highest BCUT2D eigenvalue weighted by molar-refractivity contribution is 5.96. The van der Waals surface area contributed by atoms with E-state index in [0.29, 0.717) is 34.8 Å². The highest BCUT2D eigenvalue weighted by atomic mass is 16.3. The van der Waals surface area contributed by atoms with Crippen LogP contribution in [-0.2, 0) is 13.6 Å². The predicted octanol–water partition coefficient (Wildman–Crippen LogP) is 1.89. The number of nitrogens with one attached hydrogen (secondary N) is 1. The number of aryl methyl sites for hydroxylation is 1. The molecule has 136 valence electrons. The van der Waals surface area contributed by atoms with E-state index in [2.05, 4.69) is 15.1 Å². The van der Waals surface area contributed by atoms with E-state index in [1.54, 1.807) is 29.9 Å². The summed E-state index contributed by atoms with van der Waals surface area (Å²) in [5, 5.41) is 15.2. The molecule has 2 heterocycles. The van der Waals surface area contributed by atoms with Gasteiger partial charge in [0.2, 0.25) is 5.91 Å². The van der Waals surface area contributed by atoms with Gasteiger partial charge in [0, 0.05) is 24.7 Å². The lowest BCUT2D eigenvalue weighted by Gasteiger charge is -2.00. The second-order valence-corrected chi connectivity index (χ2v) is 6.25. The maximum absolute atomic E-state index is 11.4. The summed E-state index contributed by atoms with van der Waals surface area (Å²) in [6.45, 7) is 0.450. The van der Waals surface area contributed by atoms with E-state index in [9.17, 15) is 9.90 Å². The van der Waals surface area contributed by atoms with E-state index < -0.39 is 5.91 Å². The summed E-state index contributed by atoms with van der Waals surface area (Å²) in [6.07, 6.45) is 0. The Hall–Kier alpha value is -3.65. The Morgan fingerprint density at radius 2 is 1.96 bits per heavy atom. The van der Waals surface area contributed by atoms with Crippen LogP contribution in [-0.4, -0.2) is 30.8 Å². The van der Waals surface area contributed by atoms with Crippen LogP contribution < -0.4 is 11.5 Å². The van der Waals surface area contributed by atoms with Gasteiger partial charge < -0.3 is 21.6 Å². The van der Waals surface area contributed by atoms with Crippen molar-refractivity contribution >= 4 is 16.9 Å². The average Bonchev–Trinajstić information content (AvgIpc) is 3.21. The van der Waals surface area contributed by atoms with E-state index in [1.807, 2.05) is 24.3 Å². The van der Waals surface area contributed by atoms with Gasteiger partial charge in [0.15, 0.2) is 11.6 Å². The van der Waals surface area contributed by atoms with E-state index in [4.69, 9.17) is 11.5 Å². The highest BCUT2D eigenvalue weighted by Crippen LogP contribution is 2.37. The zero-order valence-corrected chi connectivity index (χ0v) is 14.6. The first kappa shape index (κ1) is 16.8. The first-order valence-corrected chi connectivity index (χ1v) is 8.33. The minimum absolute atomic E-state index is 0.0205. The number of aromatic hydroxyl groups is 1. The third-order valence-electron chi connectivity index (χ3n) is 4.48. The Balaban J connectivity index is 1.81. The molecule has 6 N–H and O–H groups in total. The second-order valence-electron chi connectivity index (χ2n) is 6.25. The molecule has 0 saturated heterocycles. The van der Waals surface area contributed by atoms with Crippen molar-refractivity contribution in [3.63, 3.8) is 0 Å². The highest BCUT2D eigenvalue weighted by Gasteiger charge is 2.21. The Labute approximate surface area is 154 Å². The van der Waals surface area contributed by atoms with Crippen LogP contribution in [0.2, 0.25) is 0 Å². The van der Waals surface area contributed by atoms with Crippen molar-refractivity contribution in [2.75, 3.05) is 0 Å². The molecular formula is C19H18N6O2. The third kappa shape index (κ3) is 2.81. The predicted molar refractivity (Wildman–Crippen MR) is 102 cm³/mol. The fourth-order valence-corrected chi connectivity index (χ4v) is 3.04. The number of benzene rings is 2. The molecular weight excluding hydrogens is 344 g/mol. The minimum Gasteiger partial charge on any atom is -0.504 e. The zero-order valence-electron chi connectivity index (χ0n) is 14.6. The summed E-state index contributed by atoms with van der Waals surface area (Å²) in [4.78, 5) is 19.0. The molecule has 0 unspecified atom stereocenters. The van der Waals surface area contributed by atoms with Crippen molar-refractivity contribution < 1.29 is 9.90 Å². The molecule has 2 aromatic carbocycles. The molecule has 8 nitrogen and oxygen atoms in total. The lowest BCUT2D eigenvalue weighted by atomic mass is 10.1. The van der Waals surface area contributed by atoms with Gasteiger partial charge in [-0.05, 0) is 23.8 Å². The average molecular weight is 362 g/mol. The Bertz CT molecular complexity index is 1160. The van der Waals surface area contributed by atoms with Crippen LogP contribution in [0.15, 0.2) is 42.5 Å². The third-order valence-corrected chi connectivity index (χ3v) is 4.48. The Kier molecular flexibility index (Phi) is 3.89. The van der Waals surface area contributed by atoms with Gasteiger partial charge in [-0.2, -0.15) is 5.10 Å². The first-order valence-electron chi connectivity index (χ1n) is 8.33. The van der Waals surface area contributed by atoms with E-state index in [0.717, 1.165) is 16.6 Å². The maximum Gasteiger partial charge on any atom is 0.248 e. The SMILES string of the molecule is Cn1nc(-c2ccc(CN)cc2)c(O)c1-c1nc2cc(C(N)=O)ccc2[nH]1. The number of primary amides is 1. The van der Waals surface area contributed by atoms with Gasteiger partial charge in [-0.3, -0.25) is 9.48 Å². The molecule has 1 amide bonds. The van der Waals surface area contributed by atoms with E-state index in [-0.39, 0.29) is 5.75 Å². The lowest BCUT2D eigenvalue weighted by Crippen LogP contribution is -2.10. The molecule has 0 bridgehead atoms. The van der Waals surface area contributed by atoms with Gasteiger partial charge in [-0.25, -0.2) is 4.98 Å². The Morgan fingerprint density at radius 1 is 1.22 bits per heavy atom. The molecule has 2 aromatic heterocycles. The molecule has 0 aliphatic rings. The van der Waals surface area contributed by atoms with Crippen molar-refractivity contribution in [1.29, 1.82) is 0 Å². The smallest absolute Gasteiger partial charge is 0.248 e. The molecule has 4 aromatic rings. The molecule has 0 spiro atoms. The lowest BCUT2D eigenvalue weighted by molar-refractivity contribution is 0.100. The number of nitrogens with zero attached hydrogens (tertiary/aromatic N) is 3. The Morgan fingerprint density at radius 3 is 2.63 bits per heavy atom. The molecule has 27 heavy (non-hydrogen) atoms. The topological polar surface area (TPSA) is 136 Å². The standard InChI is InChI=1S/C19H18N6O2/c1-25-16(17(26)15(24-25)11-4-2-10(9-20)3-5-11)19-22-13-7-6-12(18(21)27)8-14(13)23-19/h2-8,26H,9,20H2,1H3,(H2,21,27)(H,22,23). The van der Waals surface area contributed by atoms with Crippen LogP contribution in [0.1, 0.15) is 15.9 Å². The molecule has 0 radical (unpaired) electrons. The summed E-state index contributed by atoms with van der Waals surface area (Å²) >= 11 is 0. The summed E-state index contributed by atoms with van der Waals surface area (Å²) in [6, 6.07) is 12.5. The molecule has 0 fully saturated rings. The quantitative estimate of drug-likeness (QED) is 0.439. The van der Waals surface area contributed by atoms with Crippen molar-refractivity contribution in [1.82, 2.24) is 19.7 Å². The maximum atomic E-state index is 11.4. The van der Waals surface area contributed by atoms with Crippen molar-refractivity contribution in [3.8, 4) is 28.5 Å². The van der Waals surface area contributed by atoms with Crippen LogP contribution in [0.4, 0.5) is 0 Å². The van der Waals surface area contributed by atoms with E-state index >= 15 is 0 Å². The van der Waals surface area contributed by atoms with Gasteiger partial charge in [-0.1, -0.05) is 24.3 Å². The molecule has 8 heteroatoms. The normalized spacial score (nSPS) is 11.2. The van der Waals surface area contributed by atoms with E-state index in [1.165, 1.54) is 0 Å². The van der Waals surface area contributed by atoms with Crippen LogP contribution in [0.3, 0.4) is 0 Å². The molecule has 0 saturated carbocycles. The molecule has 0 aliphatic heterocycles. The number of amides is 1. The molecule has 0 aliphatic carbocycles. The number of carbonyl (C=O) groups excluding carboxylic acids is 1. The number of H-pyrrole nitrogens is 1. The van der Waals surface area contributed by atoms with Gasteiger partial charge in [0.1, 0.15) is 11.4 Å². The number of hydrogen-bond acceptors (Lipinski definition) is 5. The number of aromatic nitrogens is 4. The fourth-order valence-electron chi connectivity index (χ4n) is 3.04. The fraction of sp³-hybridized carbons (Fsp3) is 0.105. The second kappa shape index (κ2) is 6.26. The summed E-state index contributed by atoms with van der Waals surface area (Å²) < 4.78 is 1.56. The van der Waals surface area contributed by atoms with Crippen molar-refractivity contribution in [2.45, 2.75) is 6.54 Å². The largest absolute Gasteiger partial charge is 0.504 e. The van der Waals surface area contributed by atoms with Crippen LogP contribution in [0, 0.1) is 0 Å². The van der Waals surface area contributed by atoms with Gasteiger partial charge in [0.05, 0.1) is 11.0 Å². The number of fused-ring (bicyclic) bond motifs is 1. The number of rotatable bonds is 4. The van der Waals surface area contributed by atoms with Crippen LogP contribution >= 0.6 is 0 Å². The zero-order chi connectivity index (χ0) is 19.1. The molecule has 4 rings (SSSR count). The first-order chi connectivity index (χ1) is 13.0. The monoisotopic (exact) mass is 362 g/mol. The van der Waals surface area contributed by atoms with Gasteiger partial charge >= 0.3 is 0 Å². The summed E-state index contributed by atoms with van der Waals surface area (Å²) in [5.41, 5.74) is 15.3. The van der Waals surface area contributed by atoms with Crippen molar-refractivity contribution in [3.05, 3.63) is 53.6 Å². The van der Waals surface area contributed by atoms with Gasteiger partial charge in [-0.15, -0.1) is 0 Å². The number of hydrogen-bond donors (Lipinski definition) is 4. The van der Waals surface area contributed by atoms with Crippen LogP contribution in [0.25, 0.3) is 33.8 Å². The molecule has 0 atom stereocenters. The summed E-state index contributed by atoms with van der Waals surface area (Å²) in [7, 11) is 1.73. The number of aromatic amines is 1. The van der Waals surface area contributed by atoms with Crippen molar-refractivity contribution in [2.24, 2.45) is 18.5 Å². The summed E-state index contributed by atoms with van der Waals surface area (Å²) in [5.74, 6) is -0.0517. The number of nitrogens with two attached hydrogens (primary N) is 2. The number of carbonyl (C=O) groups is 1. The van der Waals surface area contributed by atoms with Gasteiger partial charge in [0.25, 0.3) is 0 Å². The number of imidazole rings is 1. The minimum atomic E-state index is -0.520. The van der Waals surface area contributed by atoms with Crippen LogP contribution in [0.5, 0.6) is 5.75 Å².